The lowest BCUT2D eigenvalue weighted by Gasteiger charge is -2.33. The Morgan fingerprint density at radius 3 is 2.77 bits per heavy atom. The number of urea groups is 1. The average molecular weight is 362 g/mol. The number of carbonyl (C=O) groups is 2. The third kappa shape index (κ3) is 4.33. The van der Waals surface area contributed by atoms with E-state index in [-0.39, 0.29) is 29.6 Å². The van der Waals surface area contributed by atoms with Crippen LogP contribution >= 0.6 is 0 Å². The van der Waals surface area contributed by atoms with Crippen molar-refractivity contribution in [1.29, 1.82) is 0 Å². The second kappa shape index (κ2) is 8.49. The van der Waals surface area contributed by atoms with Crippen molar-refractivity contribution in [3.8, 4) is 0 Å². The first-order chi connectivity index (χ1) is 12.6. The van der Waals surface area contributed by atoms with Crippen LogP contribution in [0, 0.1) is 17.7 Å². The van der Waals surface area contributed by atoms with Crippen LogP contribution in [0.2, 0.25) is 0 Å². The summed E-state index contributed by atoms with van der Waals surface area (Å²) in [5.41, 5.74) is 5.94. The number of hydrogen-bond donors (Lipinski definition) is 3. The zero-order valence-corrected chi connectivity index (χ0v) is 14.9. The van der Waals surface area contributed by atoms with Gasteiger partial charge in [-0.2, -0.15) is 0 Å². The minimum atomic E-state index is -0.471. The van der Waals surface area contributed by atoms with Crippen molar-refractivity contribution >= 4 is 17.6 Å². The highest BCUT2D eigenvalue weighted by atomic mass is 19.1. The second-order valence-electron chi connectivity index (χ2n) is 7.24. The Morgan fingerprint density at radius 2 is 2.00 bits per heavy atom. The molecule has 4 N–H and O–H groups in total. The van der Waals surface area contributed by atoms with Crippen molar-refractivity contribution in [3.63, 3.8) is 0 Å². The Bertz CT molecular complexity index is 654. The summed E-state index contributed by atoms with van der Waals surface area (Å²) in [6.45, 7) is 1.51. The number of carbonyl (C=O) groups excluding carboxylic acids is 2. The highest BCUT2D eigenvalue weighted by Gasteiger charge is 2.33. The molecule has 1 aliphatic carbocycles. The maximum absolute atomic E-state index is 13.7. The molecule has 2 fully saturated rings. The van der Waals surface area contributed by atoms with Gasteiger partial charge in [-0.3, -0.25) is 4.79 Å². The molecule has 3 unspecified atom stereocenters. The number of benzene rings is 1. The molecule has 6 nitrogen and oxygen atoms in total. The van der Waals surface area contributed by atoms with Gasteiger partial charge in [-0.05, 0) is 50.3 Å². The first-order valence-corrected chi connectivity index (χ1v) is 9.39. The smallest absolute Gasteiger partial charge is 0.321 e. The predicted molar refractivity (Wildman–Crippen MR) is 98.0 cm³/mol. The molecule has 1 aromatic carbocycles. The van der Waals surface area contributed by atoms with Crippen LogP contribution in [0.1, 0.15) is 32.1 Å². The Labute approximate surface area is 153 Å². The number of para-hydroxylation sites is 1. The standard InChI is InChI=1S/C19H27FN4O2/c20-15-7-1-2-8-17(15)23-19(26)24-10-4-6-14(12-24)18(25)22-16-9-3-5-13(16)11-21/h1-2,7-8,13-14,16H,3-6,9-12,21H2,(H,22,25)(H,23,26). The van der Waals surface area contributed by atoms with Crippen LogP contribution in [0.4, 0.5) is 14.9 Å². The normalized spacial score (nSPS) is 25.8. The molecule has 1 saturated heterocycles. The van der Waals surface area contributed by atoms with E-state index in [1.807, 2.05) is 0 Å². The average Bonchev–Trinajstić information content (AvgIpc) is 3.10. The molecule has 3 rings (SSSR count). The van der Waals surface area contributed by atoms with Crippen LogP contribution in [0.3, 0.4) is 0 Å². The number of nitrogens with two attached hydrogens (primary N) is 1. The van der Waals surface area contributed by atoms with E-state index in [2.05, 4.69) is 10.6 Å². The van der Waals surface area contributed by atoms with Crippen LogP contribution < -0.4 is 16.4 Å². The number of rotatable bonds is 4. The first-order valence-electron chi connectivity index (χ1n) is 9.39. The number of likely N-dealkylation sites (tertiary alicyclic amines) is 1. The summed E-state index contributed by atoms with van der Waals surface area (Å²) in [4.78, 5) is 26.6. The molecular formula is C19H27FN4O2. The van der Waals surface area contributed by atoms with Crippen molar-refractivity contribution in [3.05, 3.63) is 30.1 Å². The molecule has 0 bridgehead atoms. The molecule has 1 aliphatic heterocycles. The van der Waals surface area contributed by atoms with Gasteiger partial charge < -0.3 is 21.3 Å². The van der Waals surface area contributed by atoms with Gasteiger partial charge in [0, 0.05) is 19.1 Å². The molecule has 0 radical (unpaired) electrons. The Kier molecular flexibility index (Phi) is 6.08. The molecule has 2 aliphatic rings. The fourth-order valence-corrected chi connectivity index (χ4v) is 3.94. The van der Waals surface area contributed by atoms with Gasteiger partial charge in [0.2, 0.25) is 5.91 Å². The molecule has 1 heterocycles. The number of amides is 3. The monoisotopic (exact) mass is 362 g/mol. The third-order valence-electron chi connectivity index (χ3n) is 5.48. The summed E-state index contributed by atoms with van der Waals surface area (Å²) in [5, 5.41) is 5.72. The maximum Gasteiger partial charge on any atom is 0.321 e. The van der Waals surface area contributed by atoms with E-state index in [0.717, 1.165) is 32.1 Å². The Morgan fingerprint density at radius 1 is 1.19 bits per heavy atom. The molecule has 1 aromatic rings. The molecule has 7 heteroatoms. The lowest BCUT2D eigenvalue weighted by molar-refractivity contribution is -0.127. The van der Waals surface area contributed by atoms with Crippen LogP contribution in [0.25, 0.3) is 0 Å². The van der Waals surface area contributed by atoms with Gasteiger partial charge in [0.05, 0.1) is 11.6 Å². The molecule has 0 spiro atoms. The van der Waals surface area contributed by atoms with Gasteiger partial charge in [0.25, 0.3) is 0 Å². The van der Waals surface area contributed by atoms with E-state index in [9.17, 15) is 14.0 Å². The number of piperidine rings is 1. The zero-order chi connectivity index (χ0) is 18.5. The number of halogens is 1. The van der Waals surface area contributed by atoms with E-state index in [0.29, 0.717) is 25.6 Å². The fourth-order valence-electron chi connectivity index (χ4n) is 3.94. The van der Waals surface area contributed by atoms with Crippen molar-refractivity contribution in [2.45, 2.75) is 38.1 Å². The minimum Gasteiger partial charge on any atom is -0.353 e. The van der Waals surface area contributed by atoms with Crippen LogP contribution in [-0.4, -0.2) is 42.5 Å². The zero-order valence-electron chi connectivity index (χ0n) is 14.9. The molecule has 142 valence electrons. The van der Waals surface area contributed by atoms with Gasteiger partial charge in [-0.1, -0.05) is 18.6 Å². The minimum absolute atomic E-state index is 0.00117. The van der Waals surface area contributed by atoms with Crippen molar-refractivity contribution in [1.82, 2.24) is 10.2 Å². The summed E-state index contributed by atoms with van der Waals surface area (Å²) in [6, 6.07) is 5.85. The lowest BCUT2D eigenvalue weighted by Crippen LogP contribution is -2.49. The summed E-state index contributed by atoms with van der Waals surface area (Å²) in [5.74, 6) is -0.350. The van der Waals surface area contributed by atoms with Gasteiger partial charge in [-0.25, -0.2) is 9.18 Å². The molecule has 1 saturated carbocycles. The highest BCUT2D eigenvalue weighted by molar-refractivity contribution is 5.90. The number of anilines is 1. The SMILES string of the molecule is NCC1CCCC1NC(=O)C1CCCN(C(=O)Nc2ccccc2F)C1. The second-order valence-corrected chi connectivity index (χ2v) is 7.24. The molecule has 26 heavy (non-hydrogen) atoms. The van der Waals surface area contributed by atoms with E-state index in [1.165, 1.54) is 12.1 Å². The van der Waals surface area contributed by atoms with E-state index >= 15 is 0 Å². The number of nitrogens with one attached hydrogen (secondary N) is 2. The van der Waals surface area contributed by atoms with Gasteiger partial charge >= 0.3 is 6.03 Å². The molecule has 0 aromatic heterocycles. The predicted octanol–water partition coefficient (Wildman–Crippen LogP) is 2.31. The van der Waals surface area contributed by atoms with E-state index in [4.69, 9.17) is 5.73 Å². The topological polar surface area (TPSA) is 87.5 Å². The van der Waals surface area contributed by atoms with Gasteiger partial charge in [-0.15, -0.1) is 0 Å². The lowest BCUT2D eigenvalue weighted by atomic mass is 9.96. The van der Waals surface area contributed by atoms with Gasteiger partial charge in [0.1, 0.15) is 5.82 Å². The summed E-state index contributed by atoms with van der Waals surface area (Å²) in [7, 11) is 0. The first kappa shape index (κ1) is 18.6. The third-order valence-corrected chi connectivity index (χ3v) is 5.48. The molecule has 3 atom stereocenters. The van der Waals surface area contributed by atoms with Crippen LogP contribution in [0.5, 0.6) is 0 Å². The van der Waals surface area contributed by atoms with E-state index < -0.39 is 5.82 Å². The van der Waals surface area contributed by atoms with Crippen LogP contribution in [0.15, 0.2) is 24.3 Å². The van der Waals surface area contributed by atoms with E-state index in [1.54, 1.807) is 17.0 Å². The number of hydrogen-bond acceptors (Lipinski definition) is 3. The highest BCUT2D eigenvalue weighted by Crippen LogP contribution is 2.26. The molecular weight excluding hydrogens is 335 g/mol. The van der Waals surface area contributed by atoms with Crippen molar-refractivity contribution < 1.29 is 14.0 Å². The quantitative estimate of drug-likeness (QED) is 0.768. The maximum atomic E-state index is 13.7. The largest absolute Gasteiger partial charge is 0.353 e. The Balaban J connectivity index is 1.55. The van der Waals surface area contributed by atoms with Gasteiger partial charge in [0.15, 0.2) is 0 Å². The fraction of sp³-hybridized carbons (Fsp3) is 0.579. The van der Waals surface area contributed by atoms with Crippen molar-refractivity contribution in [2.75, 3.05) is 25.0 Å². The summed E-state index contributed by atoms with van der Waals surface area (Å²) >= 11 is 0. The molecule has 3 amide bonds. The summed E-state index contributed by atoms with van der Waals surface area (Å²) in [6.07, 6.45) is 4.64. The number of nitrogens with zero attached hydrogens (tertiary/aromatic N) is 1. The summed E-state index contributed by atoms with van der Waals surface area (Å²) < 4.78 is 13.7. The van der Waals surface area contributed by atoms with Crippen LogP contribution in [-0.2, 0) is 4.79 Å². The Hall–Kier alpha value is -2.15. The van der Waals surface area contributed by atoms with Crippen molar-refractivity contribution in [2.24, 2.45) is 17.6 Å².